The summed E-state index contributed by atoms with van der Waals surface area (Å²) in [6, 6.07) is 16.6. The number of allylic oxidation sites excluding steroid dienone is 2. The molecule has 2 aliphatic rings. The van der Waals surface area contributed by atoms with Crippen molar-refractivity contribution in [2.75, 3.05) is 33.2 Å². The van der Waals surface area contributed by atoms with Gasteiger partial charge < -0.3 is 20.9 Å². The highest BCUT2D eigenvalue weighted by atomic mass is 16.6. The fourth-order valence-electron chi connectivity index (χ4n) is 5.78. The molecule has 2 aromatic carbocycles. The summed E-state index contributed by atoms with van der Waals surface area (Å²) in [5.41, 5.74) is 9.63. The second kappa shape index (κ2) is 12.3. The van der Waals surface area contributed by atoms with Crippen LogP contribution in [-0.2, 0) is 9.59 Å². The first-order valence-electron chi connectivity index (χ1n) is 13.4. The third kappa shape index (κ3) is 6.37. The number of likely N-dealkylation sites (N-methyl/N-ethyl adjacent to an activating group) is 1. The van der Waals surface area contributed by atoms with Crippen molar-refractivity contribution in [2.24, 2.45) is 5.73 Å². The number of carbonyl (C=O) groups excluding carboxylic acids is 2. The minimum Gasteiger partial charge on any atom is -0.366 e. The molecule has 4 rings (SSSR count). The average Bonchev–Trinajstić information content (AvgIpc) is 2.93. The van der Waals surface area contributed by atoms with Crippen LogP contribution < -0.4 is 11.1 Å². The van der Waals surface area contributed by atoms with E-state index in [2.05, 4.69) is 40.5 Å². The van der Waals surface area contributed by atoms with Gasteiger partial charge in [-0.25, -0.2) is 0 Å². The SMILES string of the molecule is CC1=C(C(N)=O)C(c2ccc([N+](=O)[O-])cc2)C(C(=O)N(C)CCCN2CCC(c3ccccc3)CC2)=C(C)N1. The number of piperidine rings is 1. The number of rotatable bonds is 9. The van der Waals surface area contributed by atoms with Gasteiger partial charge in [0.25, 0.3) is 11.6 Å². The lowest BCUT2D eigenvalue weighted by atomic mass is 9.79. The Hall–Kier alpha value is -3.98. The minimum atomic E-state index is -0.712. The number of benzene rings is 2. The fourth-order valence-corrected chi connectivity index (χ4v) is 5.78. The lowest BCUT2D eigenvalue weighted by molar-refractivity contribution is -0.384. The van der Waals surface area contributed by atoms with E-state index in [0.29, 0.717) is 35.0 Å². The summed E-state index contributed by atoms with van der Waals surface area (Å²) in [6.45, 7) is 7.10. The molecule has 1 saturated heterocycles. The predicted octanol–water partition coefficient (Wildman–Crippen LogP) is 4.04. The van der Waals surface area contributed by atoms with E-state index in [1.54, 1.807) is 37.9 Å². The molecule has 0 saturated carbocycles. The van der Waals surface area contributed by atoms with Crippen molar-refractivity contribution in [3.05, 3.63) is 98.4 Å². The highest BCUT2D eigenvalue weighted by molar-refractivity contribution is 6.03. The highest BCUT2D eigenvalue weighted by Gasteiger charge is 2.36. The van der Waals surface area contributed by atoms with Gasteiger partial charge in [0.2, 0.25) is 5.91 Å². The minimum absolute atomic E-state index is 0.0625. The standard InChI is InChI=1S/C30H37N5O4/c1-20-26(29(31)36)28(24-10-12-25(13-11-24)35(38)39)27(21(2)32-20)30(37)33(3)16-7-17-34-18-14-23(15-19-34)22-8-5-4-6-9-22/h4-6,8-13,23,28,32H,7,14-19H2,1-3H3,(H2,31,36). The first-order chi connectivity index (χ1) is 18.7. The monoisotopic (exact) mass is 531 g/mol. The molecule has 2 aliphatic heterocycles. The van der Waals surface area contributed by atoms with Crippen LogP contribution in [0.1, 0.15) is 56.1 Å². The van der Waals surface area contributed by atoms with Gasteiger partial charge in [0, 0.05) is 54.2 Å². The normalized spacial score (nSPS) is 18.6. The number of hydrogen-bond donors (Lipinski definition) is 2. The first kappa shape index (κ1) is 28.0. The Balaban J connectivity index is 1.42. The molecular formula is C30H37N5O4. The van der Waals surface area contributed by atoms with Crippen molar-refractivity contribution < 1.29 is 14.5 Å². The lowest BCUT2D eigenvalue weighted by Gasteiger charge is -2.34. The quantitative estimate of drug-likeness (QED) is 0.372. The van der Waals surface area contributed by atoms with E-state index in [0.717, 1.165) is 38.9 Å². The van der Waals surface area contributed by atoms with Crippen LogP contribution in [0.15, 0.2) is 77.1 Å². The maximum atomic E-state index is 13.8. The Labute approximate surface area is 229 Å². The summed E-state index contributed by atoms with van der Waals surface area (Å²) in [7, 11) is 1.77. The number of nitro groups is 1. The summed E-state index contributed by atoms with van der Waals surface area (Å²) in [6.07, 6.45) is 3.10. The van der Waals surface area contributed by atoms with Crippen LogP contribution in [0.2, 0.25) is 0 Å². The number of nitrogens with zero attached hydrogens (tertiary/aromatic N) is 3. The molecular weight excluding hydrogens is 494 g/mol. The Bertz CT molecular complexity index is 1280. The van der Waals surface area contributed by atoms with Gasteiger partial charge in [-0.2, -0.15) is 0 Å². The van der Waals surface area contributed by atoms with Crippen molar-refractivity contribution in [1.29, 1.82) is 0 Å². The lowest BCUT2D eigenvalue weighted by Crippen LogP contribution is -2.40. The number of primary amides is 1. The van der Waals surface area contributed by atoms with E-state index in [1.165, 1.54) is 17.7 Å². The number of nitro benzene ring substituents is 1. The van der Waals surface area contributed by atoms with Crippen LogP contribution in [0.4, 0.5) is 5.69 Å². The van der Waals surface area contributed by atoms with Crippen molar-refractivity contribution in [1.82, 2.24) is 15.1 Å². The van der Waals surface area contributed by atoms with Crippen molar-refractivity contribution >= 4 is 17.5 Å². The van der Waals surface area contributed by atoms with Crippen LogP contribution >= 0.6 is 0 Å². The number of dihydropyridines is 1. The van der Waals surface area contributed by atoms with E-state index in [9.17, 15) is 19.7 Å². The molecule has 2 amide bonds. The van der Waals surface area contributed by atoms with Crippen LogP contribution in [0.5, 0.6) is 0 Å². The number of likely N-dealkylation sites (tertiary alicyclic amines) is 1. The highest BCUT2D eigenvalue weighted by Crippen LogP contribution is 2.39. The molecule has 0 bridgehead atoms. The number of non-ortho nitro benzene ring substituents is 1. The fraction of sp³-hybridized carbons (Fsp3) is 0.400. The molecule has 39 heavy (non-hydrogen) atoms. The predicted molar refractivity (Wildman–Crippen MR) is 151 cm³/mol. The Morgan fingerprint density at radius 2 is 1.62 bits per heavy atom. The molecule has 2 heterocycles. The number of hydrogen-bond acceptors (Lipinski definition) is 6. The number of carbonyl (C=O) groups is 2. The number of nitrogens with two attached hydrogens (primary N) is 1. The molecule has 206 valence electrons. The maximum absolute atomic E-state index is 13.8. The molecule has 9 heteroatoms. The summed E-state index contributed by atoms with van der Waals surface area (Å²) in [4.78, 5) is 41.1. The van der Waals surface area contributed by atoms with Crippen molar-refractivity contribution in [3.8, 4) is 0 Å². The first-order valence-corrected chi connectivity index (χ1v) is 13.4. The van der Waals surface area contributed by atoms with Crippen LogP contribution in [0, 0.1) is 10.1 Å². The second-order valence-electron chi connectivity index (χ2n) is 10.5. The van der Waals surface area contributed by atoms with Crippen molar-refractivity contribution in [3.63, 3.8) is 0 Å². The maximum Gasteiger partial charge on any atom is 0.269 e. The van der Waals surface area contributed by atoms with Gasteiger partial charge in [0.15, 0.2) is 0 Å². The topological polar surface area (TPSA) is 122 Å². The Morgan fingerprint density at radius 1 is 1.00 bits per heavy atom. The van der Waals surface area contributed by atoms with Crippen molar-refractivity contribution in [2.45, 2.75) is 44.9 Å². The van der Waals surface area contributed by atoms with Gasteiger partial charge in [-0.15, -0.1) is 0 Å². The van der Waals surface area contributed by atoms with E-state index < -0.39 is 16.7 Å². The van der Waals surface area contributed by atoms with Gasteiger partial charge >= 0.3 is 0 Å². The Kier molecular flexibility index (Phi) is 8.81. The molecule has 0 spiro atoms. The van der Waals surface area contributed by atoms with E-state index in [-0.39, 0.29) is 17.2 Å². The molecule has 1 unspecified atom stereocenters. The Morgan fingerprint density at radius 3 is 2.21 bits per heavy atom. The van der Waals surface area contributed by atoms with Gasteiger partial charge in [-0.3, -0.25) is 19.7 Å². The summed E-state index contributed by atoms with van der Waals surface area (Å²) in [5.74, 6) is -0.940. The molecule has 0 aliphatic carbocycles. The van der Waals surface area contributed by atoms with Gasteiger partial charge in [0.1, 0.15) is 0 Å². The molecule has 9 nitrogen and oxygen atoms in total. The summed E-state index contributed by atoms with van der Waals surface area (Å²) >= 11 is 0. The van der Waals surface area contributed by atoms with Crippen LogP contribution in [0.3, 0.4) is 0 Å². The van der Waals surface area contributed by atoms with E-state index in [4.69, 9.17) is 5.73 Å². The number of nitrogens with one attached hydrogen (secondary N) is 1. The second-order valence-corrected chi connectivity index (χ2v) is 10.5. The largest absolute Gasteiger partial charge is 0.366 e. The van der Waals surface area contributed by atoms with Crippen LogP contribution in [-0.4, -0.2) is 59.8 Å². The van der Waals surface area contributed by atoms with Crippen LogP contribution in [0.25, 0.3) is 0 Å². The molecule has 2 aromatic rings. The molecule has 1 fully saturated rings. The zero-order valence-electron chi connectivity index (χ0n) is 22.9. The molecule has 3 N–H and O–H groups in total. The third-order valence-electron chi connectivity index (χ3n) is 7.87. The number of amides is 2. The van der Waals surface area contributed by atoms with Gasteiger partial charge in [0.05, 0.1) is 4.92 Å². The zero-order valence-corrected chi connectivity index (χ0v) is 22.9. The van der Waals surface area contributed by atoms with E-state index in [1.807, 2.05) is 0 Å². The third-order valence-corrected chi connectivity index (χ3v) is 7.87. The summed E-state index contributed by atoms with van der Waals surface area (Å²) in [5, 5.41) is 14.3. The molecule has 0 aromatic heterocycles. The average molecular weight is 532 g/mol. The smallest absolute Gasteiger partial charge is 0.269 e. The zero-order chi connectivity index (χ0) is 28.1. The van der Waals surface area contributed by atoms with Gasteiger partial charge in [-0.1, -0.05) is 42.5 Å². The van der Waals surface area contributed by atoms with E-state index >= 15 is 0 Å². The molecule has 0 radical (unpaired) electrons. The molecule has 1 atom stereocenters. The van der Waals surface area contributed by atoms with Gasteiger partial charge in [-0.05, 0) is 69.8 Å². The summed E-state index contributed by atoms with van der Waals surface area (Å²) < 4.78 is 0.